The van der Waals surface area contributed by atoms with Crippen LogP contribution in [0.15, 0.2) is 70.2 Å². The predicted octanol–water partition coefficient (Wildman–Crippen LogP) is 5.41. The van der Waals surface area contributed by atoms with Gasteiger partial charge in [0.2, 0.25) is 5.91 Å². The zero-order valence-electron chi connectivity index (χ0n) is 18.2. The van der Waals surface area contributed by atoms with E-state index in [1.807, 2.05) is 0 Å². The molecule has 1 N–H and O–H groups in total. The van der Waals surface area contributed by atoms with Gasteiger partial charge in [-0.1, -0.05) is 45.0 Å². The summed E-state index contributed by atoms with van der Waals surface area (Å²) in [7, 11) is 0. The van der Waals surface area contributed by atoms with Gasteiger partial charge in [0, 0.05) is 23.6 Å². The number of hydrogen-bond donors (Lipinski definition) is 1. The van der Waals surface area contributed by atoms with Gasteiger partial charge in [-0.15, -0.1) is 0 Å². The normalized spacial score (nSPS) is 18.0. The fourth-order valence-electron chi connectivity index (χ4n) is 3.65. The van der Waals surface area contributed by atoms with Crippen molar-refractivity contribution in [2.45, 2.75) is 38.5 Å². The Labute approximate surface area is 186 Å². The first-order valence-electron chi connectivity index (χ1n) is 10.5. The molecule has 2 aromatic carbocycles. The maximum atomic E-state index is 12.4. The molecule has 1 amide bonds. The Morgan fingerprint density at radius 3 is 2.41 bits per heavy atom. The number of nitrogens with zero attached hydrogens (tertiary/aromatic N) is 2. The maximum absolute atomic E-state index is 12.4. The summed E-state index contributed by atoms with van der Waals surface area (Å²) in [4.78, 5) is 22.7. The largest absolute Gasteiger partial charge is 0.455 e. The third-order valence-electron chi connectivity index (χ3n) is 5.69. The van der Waals surface area contributed by atoms with Crippen molar-refractivity contribution in [1.82, 2.24) is 5.43 Å². The lowest BCUT2D eigenvalue weighted by molar-refractivity contribution is -0.384. The molecular formula is C25H25N3O4. The third-order valence-corrected chi connectivity index (χ3v) is 5.69. The topological polar surface area (TPSA) is 97.7 Å². The summed E-state index contributed by atoms with van der Waals surface area (Å²) >= 11 is 0. The number of hydrogen-bond acceptors (Lipinski definition) is 5. The zero-order chi connectivity index (χ0) is 22.9. The van der Waals surface area contributed by atoms with Crippen molar-refractivity contribution in [3.8, 4) is 11.3 Å². The van der Waals surface area contributed by atoms with Gasteiger partial charge < -0.3 is 4.42 Å². The van der Waals surface area contributed by atoms with Gasteiger partial charge in [-0.3, -0.25) is 14.9 Å². The Bertz CT molecular complexity index is 1160. The van der Waals surface area contributed by atoms with E-state index in [1.54, 1.807) is 24.3 Å². The van der Waals surface area contributed by atoms with Crippen LogP contribution in [-0.2, 0) is 10.2 Å². The zero-order valence-corrected chi connectivity index (χ0v) is 18.2. The molecule has 0 aliphatic heterocycles. The standard InChI is InChI=1S/C25H25N3O4/c1-25(2,3)18-8-4-16(5-9-18)21-14-22(21)24(29)27-26-15-20-12-13-23(32-20)17-6-10-19(11-7-17)28(30)31/h4-13,15,21-22H,14H2,1-3H3,(H,27,29)/b26-15-. The van der Waals surface area contributed by atoms with Crippen molar-refractivity contribution in [1.29, 1.82) is 0 Å². The van der Waals surface area contributed by atoms with Crippen LogP contribution in [0.4, 0.5) is 5.69 Å². The highest BCUT2D eigenvalue weighted by Gasteiger charge is 2.44. The van der Waals surface area contributed by atoms with E-state index < -0.39 is 4.92 Å². The van der Waals surface area contributed by atoms with Gasteiger partial charge in [0.25, 0.3) is 5.69 Å². The number of benzene rings is 2. The van der Waals surface area contributed by atoms with Crippen LogP contribution in [0.25, 0.3) is 11.3 Å². The van der Waals surface area contributed by atoms with Crippen LogP contribution >= 0.6 is 0 Å². The lowest BCUT2D eigenvalue weighted by atomic mass is 9.86. The monoisotopic (exact) mass is 431 g/mol. The van der Waals surface area contributed by atoms with E-state index in [2.05, 4.69) is 55.6 Å². The molecular weight excluding hydrogens is 406 g/mol. The molecule has 7 heteroatoms. The molecule has 32 heavy (non-hydrogen) atoms. The summed E-state index contributed by atoms with van der Waals surface area (Å²) in [5.41, 5.74) is 5.90. The minimum atomic E-state index is -0.446. The lowest BCUT2D eigenvalue weighted by Crippen LogP contribution is -2.20. The summed E-state index contributed by atoms with van der Waals surface area (Å²) in [6.07, 6.45) is 2.27. The number of nitro groups is 1. The molecule has 1 aliphatic carbocycles. The molecule has 2 unspecified atom stereocenters. The molecule has 164 valence electrons. The van der Waals surface area contributed by atoms with Crippen molar-refractivity contribution in [3.63, 3.8) is 0 Å². The van der Waals surface area contributed by atoms with Crippen molar-refractivity contribution in [3.05, 3.63) is 87.7 Å². The Kier molecular flexibility index (Phi) is 5.65. The highest BCUT2D eigenvalue weighted by atomic mass is 16.6. The first kappa shape index (κ1) is 21.5. The van der Waals surface area contributed by atoms with Crippen LogP contribution in [0.3, 0.4) is 0 Å². The van der Waals surface area contributed by atoms with Crippen LogP contribution in [0, 0.1) is 16.0 Å². The van der Waals surface area contributed by atoms with E-state index in [0.29, 0.717) is 11.5 Å². The quantitative estimate of drug-likeness (QED) is 0.321. The number of nitrogens with one attached hydrogen (secondary N) is 1. The van der Waals surface area contributed by atoms with E-state index in [0.717, 1.165) is 12.0 Å². The van der Waals surface area contributed by atoms with Crippen molar-refractivity contribution < 1.29 is 14.1 Å². The lowest BCUT2D eigenvalue weighted by Gasteiger charge is -2.19. The molecule has 7 nitrogen and oxygen atoms in total. The molecule has 3 aromatic rings. The minimum Gasteiger partial charge on any atom is -0.455 e. The summed E-state index contributed by atoms with van der Waals surface area (Å²) in [6, 6.07) is 18.1. The van der Waals surface area contributed by atoms with Gasteiger partial charge in [-0.05, 0) is 53.1 Å². The van der Waals surface area contributed by atoms with Gasteiger partial charge >= 0.3 is 0 Å². The number of carbonyl (C=O) groups excluding carboxylic acids is 1. The van der Waals surface area contributed by atoms with E-state index >= 15 is 0 Å². The number of carbonyl (C=O) groups is 1. The fraction of sp³-hybridized carbons (Fsp3) is 0.280. The molecule has 1 aromatic heterocycles. The summed E-state index contributed by atoms with van der Waals surface area (Å²) in [6.45, 7) is 6.55. The highest BCUT2D eigenvalue weighted by molar-refractivity contribution is 5.85. The third kappa shape index (κ3) is 4.77. The summed E-state index contributed by atoms with van der Waals surface area (Å²) in [5, 5.41) is 14.8. The molecule has 1 fully saturated rings. The number of nitro benzene ring substituents is 1. The molecule has 2 atom stereocenters. The second-order valence-corrected chi connectivity index (χ2v) is 9.06. The number of amides is 1. The Hall–Kier alpha value is -3.74. The molecule has 4 rings (SSSR count). The Balaban J connectivity index is 1.31. The van der Waals surface area contributed by atoms with Crippen molar-refractivity contribution in [2.75, 3.05) is 0 Å². The van der Waals surface area contributed by atoms with Crippen molar-refractivity contribution >= 4 is 17.8 Å². The molecule has 1 aliphatic rings. The van der Waals surface area contributed by atoms with Crippen LogP contribution in [0.5, 0.6) is 0 Å². The maximum Gasteiger partial charge on any atom is 0.269 e. The van der Waals surface area contributed by atoms with Crippen LogP contribution in [-0.4, -0.2) is 17.0 Å². The van der Waals surface area contributed by atoms with Gasteiger partial charge in [0.05, 0.1) is 11.1 Å². The van der Waals surface area contributed by atoms with E-state index in [-0.39, 0.29) is 28.8 Å². The van der Waals surface area contributed by atoms with Gasteiger partial charge in [-0.25, -0.2) is 5.43 Å². The van der Waals surface area contributed by atoms with Crippen LogP contribution in [0.1, 0.15) is 50.0 Å². The number of furan rings is 1. The summed E-state index contributed by atoms with van der Waals surface area (Å²) in [5.74, 6) is 1.10. The van der Waals surface area contributed by atoms with E-state index in [9.17, 15) is 14.9 Å². The van der Waals surface area contributed by atoms with Crippen LogP contribution < -0.4 is 5.43 Å². The van der Waals surface area contributed by atoms with Crippen LogP contribution in [0.2, 0.25) is 0 Å². The first-order valence-corrected chi connectivity index (χ1v) is 10.5. The van der Waals surface area contributed by atoms with Gasteiger partial charge in [0.1, 0.15) is 11.5 Å². The molecule has 0 bridgehead atoms. The van der Waals surface area contributed by atoms with Crippen molar-refractivity contribution in [2.24, 2.45) is 11.0 Å². The SMILES string of the molecule is CC(C)(C)c1ccc(C2CC2C(=O)N/N=C\c2ccc(-c3ccc([N+](=O)[O-])cc3)o2)cc1. The Morgan fingerprint density at radius 2 is 1.78 bits per heavy atom. The van der Waals surface area contributed by atoms with E-state index in [1.165, 1.54) is 29.5 Å². The molecule has 0 spiro atoms. The number of hydrazone groups is 1. The average molecular weight is 431 g/mol. The predicted molar refractivity (Wildman–Crippen MR) is 123 cm³/mol. The van der Waals surface area contributed by atoms with E-state index in [4.69, 9.17) is 4.42 Å². The molecule has 1 heterocycles. The molecule has 0 radical (unpaired) electrons. The number of rotatable bonds is 6. The molecule has 0 saturated heterocycles. The highest BCUT2D eigenvalue weighted by Crippen LogP contribution is 2.47. The van der Waals surface area contributed by atoms with Gasteiger partial charge in [-0.2, -0.15) is 5.10 Å². The Morgan fingerprint density at radius 1 is 1.09 bits per heavy atom. The second kappa shape index (κ2) is 8.42. The smallest absolute Gasteiger partial charge is 0.269 e. The average Bonchev–Trinajstić information content (AvgIpc) is 3.44. The summed E-state index contributed by atoms with van der Waals surface area (Å²) < 4.78 is 5.69. The van der Waals surface area contributed by atoms with Gasteiger partial charge in [0.15, 0.2) is 0 Å². The number of non-ortho nitro benzene ring substituents is 1. The fourth-order valence-corrected chi connectivity index (χ4v) is 3.65. The first-order chi connectivity index (χ1) is 15.2. The second-order valence-electron chi connectivity index (χ2n) is 9.06. The molecule has 1 saturated carbocycles. The minimum absolute atomic E-state index is 0.0216.